The zero-order valence-corrected chi connectivity index (χ0v) is 13.6. The third kappa shape index (κ3) is 3.37. The lowest BCUT2D eigenvalue weighted by Gasteiger charge is -2.14. The Morgan fingerprint density at radius 3 is 2.80 bits per heavy atom. The largest absolute Gasteiger partial charge is 0.348 e. The van der Waals surface area contributed by atoms with Crippen LogP contribution in [-0.2, 0) is 13.1 Å². The molecule has 3 heterocycles. The Kier molecular flexibility index (Phi) is 4.33. The van der Waals surface area contributed by atoms with E-state index in [2.05, 4.69) is 39.1 Å². The zero-order valence-electron chi connectivity index (χ0n) is 12.0. The van der Waals surface area contributed by atoms with Crippen molar-refractivity contribution in [3.05, 3.63) is 27.2 Å². The van der Waals surface area contributed by atoms with Gasteiger partial charge in [0.2, 0.25) is 0 Å². The molecule has 0 saturated carbocycles. The summed E-state index contributed by atoms with van der Waals surface area (Å²) in [5.41, 5.74) is 1.17. The molecule has 20 heavy (non-hydrogen) atoms. The van der Waals surface area contributed by atoms with Crippen LogP contribution < -0.4 is 4.90 Å². The van der Waals surface area contributed by atoms with Gasteiger partial charge in [-0.1, -0.05) is 0 Å². The van der Waals surface area contributed by atoms with Crippen molar-refractivity contribution in [1.29, 1.82) is 0 Å². The summed E-state index contributed by atoms with van der Waals surface area (Å²) in [5, 5.41) is 4.48. The Morgan fingerprint density at radius 1 is 1.30 bits per heavy atom. The van der Waals surface area contributed by atoms with Crippen molar-refractivity contribution in [2.24, 2.45) is 0 Å². The molecule has 1 saturated heterocycles. The molecule has 0 spiro atoms. The van der Waals surface area contributed by atoms with Crippen LogP contribution in [-0.4, -0.2) is 35.0 Å². The molecule has 3 rings (SSSR count). The SMILES string of the molecule is Cc1nc(CN(C)Cc2cnc(N3CCCC3)s2)cs1. The standard InChI is InChI=1S/C14H20N4S2/c1-11-16-12(10-19-11)8-17(2)9-13-7-15-14(20-13)18-5-3-4-6-18/h7,10H,3-6,8-9H2,1-2H3. The van der Waals surface area contributed by atoms with Gasteiger partial charge in [-0.3, -0.25) is 4.90 Å². The first-order valence-electron chi connectivity index (χ1n) is 7.00. The summed E-state index contributed by atoms with van der Waals surface area (Å²) in [6.45, 7) is 6.24. The van der Waals surface area contributed by atoms with E-state index in [1.807, 2.05) is 17.5 Å². The molecular formula is C14H20N4S2. The lowest BCUT2D eigenvalue weighted by atomic mass is 10.4. The highest BCUT2D eigenvalue weighted by Crippen LogP contribution is 2.26. The van der Waals surface area contributed by atoms with E-state index in [0.29, 0.717) is 0 Å². The molecule has 0 N–H and O–H groups in total. The number of aryl methyl sites for hydroxylation is 1. The second-order valence-corrected chi connectivity index (χ2v) is 7.49. The molecule has 2 aromatic rings. The van der Waals surface area contributed by atoms with E-state index >= 15 is 0 Å². The van der Waals surface area contributed by atoms with Crippen LogP contribution in [0.15, 0.2) is 11.6 Å². The lowest BCUT2D eigenvalue weighted by molar-refractivity contribution is 0.318. The first-order valence-corrected chi connectivity index (χ1v) is 8.69. The molecule has 1 aliphatic heterocycles. The van der Waals surface area contributed by atoms with Gasteiger partial charge in [-0.25, -0.2) is 9.97 Å². The third-order valence-electron chi connectivity index (χ3n) is 3.44. The fraction of sp³-hybridized carbons (Fsp3) is 0.571. The van der Waals surface area contributed by atoms with E-state index in [1.165, 1.54) is 41.6 Å². The number of anilines is 1. The Hall–Kier alpha value is -0.980. The number of thiazole rings is 2. The molecule has 0 aliphatic carbocycles. The van der Waals surface area contributed by atoms with Crippen molar-refractivity contribution in [3.8, 4) is 0 Å². The van der Waals surface area contributed by atoms with Gasteiger partial charge in [-0.05, 0) is 26.8 Å². The number of rotatable bonds is 5. The zero-order chi connectivity index (χ0) is 13.9. The van der Waals surface area contributed by atoms with E-state index in [9.17, 15) is 0 Å². The topological polar surface area (TPSA) is 32.3 Å². The monoisotopic (exact) mass is 308 g/mol. The van der Waals surface area contributed by atoms with Crippen molar-refractivity contribution >= 4 is 27.8 Å². The maximum atomic E-state index is 4.57. The van der Waals surface area contributed by atoms with E-state index in [0.717, 1.165) is 18.1 Å². The number of aromatic nitrogens is 2. The predicted octanol–water partition coefficient (Wildman–Crippen LogP) is 3.14. The molecule has 6 heteroatoms. The number of nitrogens with zero attached hydrogens (tertiary/aromatic N) is 4. The highest BCUT2D eigenvalue weighted by atomic mass is 32.1. The average molecular weight is 308 g/mol. The molecule has 4 nitrogen and oxygen atoms in total. The molecule has 2 aromatic heterocycles. The summed E-state index contributed by atoms with van der Waals surface area (Å²) in [5.74, 6) is 0. The first kappa shape index (κ1) is 14.0. The fourth-order valence-electron chi connectivity index (χ4n) is 2.50. The molecule has 0 unspecified atom stereocenters. The molecule has 0 bridgehead atoms. The number of hydrogen-bond donors (Lipinski definition) is 0. The summed E-state index contributed by atoms with van der Waals surface area (Å²) in [6, 6.07) is 0. The summed E-state index contributed by atoms with van der Waals surface area (Å²) in [6.07, 6.45) is 4.64. The second-order valence-electron chi connectivity index (χ2n) is 5.33. The maximum Gasteiger partial charge on any atom is 0.185 e. The lowest BCUT2D eigenvalue weighted by Crippen LogP contribution is -2.17. The van der Waals surface area contributed by atoms with E-state index in [-0.39, 0.29) is 0 Å². The molecule has 0 aromatic carbocycles. The highest BCUT2D eigenvalue weighted by molar-refractivity contribution is 7.15. The Balaban J connectivity index is 1.57. The molecule has 0 atom stereocenters. The van der Waals surface area contributed by atoms with E-state index < -0.39 is 0 Å². The van der Waals surface area contributed by atoms with Gasteiger partial charge in [-0.2, -0.15) is 0 Å². The average Bonchev–Trinajstić information content (AvgIpc) is 3.10. The predicted molar refractivity (Wildman–Crippen MR) is 85.6 cm³/mol. The normalized spacial score (nSPS) is 15.4. The van der Waals surface area contributed by atoms with E-state index in [4.69, 9.17) is 0 Å². The van der Waals surface area contributed by atoms with Crippen LogP contribution in [0.2, 0.25) is 0 Å². The fourth-order valence-corrected chi connectivity index (χ4v) is 4.15. The first-order chi connectivity index (χ1) is 9.70. The van der Waals surface area contributed by atoms with Gasteiger partial charge in [0.15, 0.2) is 5.13 Å². The molecule has 1 aliphatic rings. The van der Waals surface area contributed by atoms with Crippen molar-refractivity contribution in [3.63, 3.8) is 0 Å². The summed E-state index contributed by atoms with van der Waals surface area (Å²) >= 11 is 3.55. The molecule has 1 fully saturated rings. The van der Waals surface area contributed by atoms with Gasteiger partial charge in [0.1, 0.15) is 0 Å². The molecular weight excluding hydrogens is 288 g/mol. The van der Waals surface area contributed by atoms with Crippen molar-refractivity contribution in [2.45, 2.75) is 32.9 Å². The van der Waals surface area contributed by atoms with Gasteiger partial charge in [0, 0.05) is 42.6 Å². The van der Waals surface area contributed by atoms with Gasteiger partial charge < -0.3 is 4.90 Å². The minimum atomic E-state index is 0.904. The van der Waals surface area contributed by atoms with Crippen LogP contribution in [0.4, 0.5) is 5.13 Å². The smallest absolute Gasteiger partial charge is 0.185 e. The molecule has 0 radical (unpaired) electrons. The maximum absolute atomic E-state index is 4.57. The van der Waals surface area contributed by atoms with Crippen LogP contribution in [0.5, 0.6) is 0 Å². The van der Waals surface area contributed by atoms with Crippen LogP contribution in [0.1, 0.15) is 28.4 Å². The van der Waals surface area contributed by atoms with Crippen molar-refractivity contribution in [1.82, 2.24) is 14.9 Å². The van der Waals surface area contributed by atoms with E-state index in [1.54, 1.807) is 11.3 Å². The Morgan fingerprint density at radius 2 is 2.10 bits per heavy atom. The Bertz CT molecular complexity index is 557. The van der Waals surface area contributed by atoms with Crippen molar-refractivity contribution in [2.75, 3.05) is 25.0 Å². The molecule has 108 valence electrons. The van der Waals surface area contributed by atoms with Crippen LogP contribution in [0.25, 0.3) is 0 Å². The second kappa shape index (κ2) is 6.20. The third-order valence-corrected chi connectivity index (χ3v) is 5.31. The van der Waals surface area contributed by atoms with Crippen molar-refractivity contribution < 1.29 is 0 Å². The Labute approximate surface area is 128 Å². The minimum Gasteiger partial charge on any atom is -0.348 e. The minimum absolute atomic E-state index is 0.904. The quantitative estimate of drug-likeness (QED) is 0.849. The summed E-state index contributed by atoms with van der Waals surface area (Å²) in [7, 11) is 2.14. The summed E-state index contributed by atoms with van der Waals surface area (Å²) < 4.78 is 0. The van der Waals surface area contributed by atoms with Crippen LogP contribution >= 0.6 is 22.7 Å². The van der Waals surface area contributed by atoms with Gasteiger partial charge in [0.25, 0.3) is 0 Å². The number of hydrogen-bond acceptors (Lipinski definition) is 6. The van der Waals surface area contributed by atoms with Crippen LogP contribution in [0.3, 0.4) is 0 Å². The molecule has 0 amide bonds. The summed E-state index contributed by atoms with van der Waals surface area (Å²) in [4.78, 5) is 15.1. The van der Waals surface area contributed by atoms with Crippen LogP contribution in [0, 0.1) is 6.92 Å². The van der Waals surface area contributed by atoms with Gasteiger partial charge >= 0.3 is 0 Å². The van der Waals surface area contributed by atoms with Gasteiger partial charge in [-0.15, -0.1) is 22.7 Å². The van der Waals surface area contributed by atoms with Gasteiger partial charge in [0.05, 0.1) is 10.7 Å². The highest BCUT2D eigenvalue weighted by Gasteiger charge is 2.16.